The second kappa shape index (κ2) is 6.30. The molecule has 110 valence electrons. The maximum absolute atomic E-state index is 5.97. The fraction of sp³-hybridized carbons (Fsp3) is 0.333. The molecular formula is C15H19N5O. The van der Waals surface area contributed by atoms with Crippen LogP contribution in [-0.4, -0.2) is 28.9 Å². The highest BCUT2D eigenvalue weighted by Crippen LogP contribution is 2.31. The third kappa shape index (κ3) is 3.34. The van der Waals surface area contributed by atoms with Gasteiger partial charge in [0.2, 0.25) is 0 Å². The van der Waals surface area contributed by atoms with Crippen LogP contribution in [0, 0.1) is 0 Å². The molecule has 1 aliphatic heterocycles. The average Bonchev–Trinajstić information content (AvgIpc) is 3.01. The molecule has 0 spiro atoms. The molecule has 3 N–H and O–H groups in total. The van der Waals surface area contributed by atoms with Gasteiger partial charge in [-0.25, -0.2) is 0 Å². The summed E-state index contributed by atoms with van der Waals surface area (Å²) in [6, 6.07) is 10.1. The Labute approximate surface area is 123 Å². The molecule has 0 fully saturated rings. The number of aromatic nitrogens is 2. The van der Waals surface area contributed by atoms with E-state index in [1.807, 2.05) is 35.1 Å². The number of hydrogen-bond donors (Lipinski definition) is 2. The summed E-state index contributed by atoms with van der Waals surface area (Å²) in [6.45, 7) is 2.01. The van der Waals surface area contributed by atoms with Gasteiger partial charge < -0.3 is 15.8 Å². The average molecular weight is 285 g/mol. The summed E-state index contributed by atoms with van der Waals surface area (Å²) in [5, 5.41) is 7.40. The second-order valence-corrected chi connectivity index (χ2v) is 4.91. The van der Waals surface area contributed by atoms with Crippen LogP contribution in [-0.2, 0) is 6.54 Å². The molecule has 0 radical (unpaired) electrons. The number of nitrogens with zero attached hydrogens (tertiary/aromatic N) is 3. The van der Waals surface area contributed by atoms with Gasteiger partial charge in [-0.2, -0.15) is 5.10 Å². The lowest BCUT2D eigenvalue weighted by Crippen LogP contribution is -2.37. The van der Waals surface area contributed by atoms with Crippen LogP contribution in [0.4, 0.5) is 0 Å². The van der Waals surface area contributed by atoms with Gasteiger partial charge in [-0.3, -0.25) is 9.67 Å². The number of nitrogens with two attached hydrogens (primary N) is 1. The van der Waals surface area contributed by atoms with Gasteiger partial charge in [-0.15, -0.1) is 0 Å². The fourth-order valence-corrected chi connectivity index (χ4v) is 2.42. The third-order valence-corrected chi connectivity index (χ3v) is 3.45. The summed E-state index contributed by atoms with van der Waals surface area (Å²) in [6.07, 6.45) is 4.55. The van der Waals surface area contributed by atoms with E-state index in [0.29, 0.717) is 19.1 Å². The van der Waals surface area contributed by atoms with Gasteiger partial charge in [0.05, 0.1) is 25.7 Å². The number of guanidine groups is 1. The van der Waals surface area contributed by atoms with Crippen molar-refractivity contribution in [3.05, 3.63) is 48.3 Å². The van der Waals surface area contributed by atoms with E-state index in [-0.39, 0.29) is 6.04 Å². The largest absolute Gasteiger partial charge is 0.493 e. The Morgan fingerprint density at radius 3 is 3.19 bits per heavy atom. The predicted octanol–water partition coefficient (Wildman–Crippen LogP) is 1.31. The predicted molar refractivity (Wildman–Crippen MR) is 81.1 cm³/mol. The summed E-state index contributed by atoms with van der Waals surface area (Å²) in [7, 11) is 0. The Morgan fingerprint density at radius 2 is 2.33 bits per heavy atom. The lowest BCUT2D eigenvalue weighted by molar-refractivity contribution is 0.262. The first-order valence-electron chi connectivity index (χ1n) is 7.08. The molecular weight excluding hydrogens is 266 g/mol. The van der Waals surface area contributed by atoms with Crippen LogP contribution in [0.1, 0.15) is 18.0 Å². The van der Waals surface area contributed by atoms with E-state index in [9.17, 15) is 0 Å². The van der Waals surface area contributed by atoms with Crippen molar-refractivity contribution in [2.45, 2.75) is 19.0 Å². The smallest absolute Gasteiger partial charge is 0.189 e. The highest BCUT2D eigenvalue weighted by Gasteiger charge is 2.20. The third-order valence-electron chi connectivity index (χ3n) is 3.45. The van der Waals surface area contributed by atoms with Gasteiger partial charge in [0.25, 0.3) is 0 Å². The van der Waals surface area contributed by atoms with Crippen LogP contribution >= 0.6 is 0 Å². The van der Waals surface area contributed by atoms with E-state index < -0.39 is 0 Å². The number of fused-ring (bicyclic) bond motifs is 1. The Bertz CT molecular complexity index is 608. The Morgan fingerprint density at radius 1 is 1.43 bits per heavy atom. The van der Waals surface area contributed by atoms with Crippen molar-refractivity contribution in [1.82, 2.24) is 15.1 Å². The molecule has 0 saturated heterocycles. The Balaban J connectivity index is 1.59. The van der Waals surface area contributed by atoms with E-state index in [1.165, 1.54) is 0 Å². The highest BCUT2D eigenvalue weighted by atomic mass is 16.5. The maximum Gasteiger partial charge on any atom is 0.189 e. The van der Waals surface area contributed by atoms with Gasteiger partial charge >= 0.3 is 0 Å². The van der Waals surface area contributed by atoms with E-state index in [2.05, 4.69) is 21.5 Å². The number of para-hydroxylation sites is 1. The van der Waals surface area contributed by atoms with Crippen molar-refractivity contribution in [1.29, 1.82) is 0 Å². The molecule has 1 aliphatic rings. The van der Waals surface area contributed by atoms with Gasteiger partial charge in [0, 0.05) is 24.4 Å². The summed E-state index contributed by atoms with van der Waals surface area (Å²) >= 11 is 0. The zero-order valence-electron chi connectivity index (χ0n) is 11.8. The lowest BCUT2D eigenvalue weighted by Gasteiger charge is -2.26. The highest BCUT2D eigenvalue weighted by molar-refractivity contribution is 5.78. The van der Waals surface area contributed by atoms with Crippen molar-refractivity contribution >= 4 is 5.96 Å². The van der Waals surface area contributed by atoms with E-state index >= 15 is 0 Å². The summed E-state index contributed by atoms with van der Waals surface area (Å²) < 4.78 is 7.47. The molecule has 0 bridgehead atoms. The summed E-state index contributed by atoms with van der Waals surface area (Å²) in [4.78, 5) is 4.35. The van der Waals surface area contributed by atoms with Crippen molar-refractivity contribution < 1.29 is 4.74 Å². The first kappa shape index (κ1) is 13.5. The monoisotopic (exact) mass is 285 g/mol. The molecule has 1 atom stereocenters. The standard InChI is InChI=1S/C15H19N5O/c16-15(17-8-10-20-9-3-7-18-20)19-13-6-11-21-14-5-2-1-4-12(13)14/h1-5,7,9,13H,6,8,10-11H2,(H3,16,17,19). The molecule has 0 aliphatic carbocycles. The molecule has 21 heavy (non-hydrogen) atoms. The first-order chi connectivity index (χ1) is 10.3. The zero-order chi connectivity index (χ0) is 14.5. The molecule has 1 unspecified atom stereocenters. The quantitative estimate of drug-likeness (QED) is 0.656. The Hall–Kier alpha value is -2.50. The van der Waals surface area contributed by atoms with Crippen molar-refractivity contribution in [2.75, 3.05) is 13.2 Å². The van der Waals surface area contributed by atoms with E-state index in [1.54, 1.807) is 6.20 Å². The van der Waals surface area contributed by atoms with Gasteiger partial charge in [0.1, 0.15) is 5.75 Å². The maximum atomic E-state index is 5.97. The molecule has 2 aromatic rings. The number of ether oxygens (including phenoxy) is 1. The SMILES string of the molecule is NC(=NCCn1cccn1)NC1CCOc2ccccc21. The zero-order valence-corrected chi connectivity index (χ0v) is 11.8. The molecule has 6 heteroatoms. The summed E-state index contributed by atoms with van der Waals surface area (Å²) in [5.74, 6) is 1.38. The Kier molecular flexibility index (Phi) is 4.04. The number of nitrogens with one attached hydrogen (secondary N) is 1. The number of rotatable bonds is 4. The lowest BCUT2D eigenvalue weighted by atomic mass is 10.0. The minimum Gasteiger partial charge on any atom is -0.493 e. The molecule has 3 rings (SSSR count). The molecule has 1 aromatic carbocycles. The van der Waals surface area contributed by atoms with Crippen molar-refractivity contribution in [3.63, 3.8) is 0 Å². The van der Waals surface area contributed by atoms with Gasteiger partial charge in [-0.05, 0) is 12.1 Å². The van der Waals surface area contributed by atoms with Crippen LogP contribution in [0.3, 0.4) is 0 Å². The van der Waals surface area contributed by atoms with E-state index in [4.69, 9.17) is 10.5 Å². The fourth-order valence-electron chi connectivity index (χ4n) is 2.42. The first-order valence-corrected chi connectivity index (χ1v) is 7.08. The van der Waals surface area contributed by atoms with Crippen LogP contribution in [0.25, 0.3) is 0 Å². The van der Waals surface area contributed by atoms with Crippen LogP contribution in [0.5, 0.6) is 5.75 Å². The van der Waals surface area contributed by atoms with E-state index in [0.717, 1.165) is 24.3 Å². The molecule has 0 saturated carbocycles. The number of aliphatic imine (C=N–C) groups is 1. The van der Waals surface area contributed by atoms with Crippen LogP contribution in [0.15, 0.2) is 47.7 Å². The molecule has 1 aromatic heterocycles. The summed E-state index contributed by atoms with van der Waals surface area (Å²) in [5.41, 5.74) is 7.10. The minimum atomic E-state index is 0.156. The normalized spacial score (nSPS) is 17.9. The number of benzene rings is 1. The van der Waals surface area contributed by atoms with Crippen LogP contribution in [0.2, 0.25) is 0 Å². The van der Waals surface area contributed by atoms with Crippen molar-refractivity contribution in [2.24, 2.45) is 10.7 Å². The second-order valence-electron chi connectivity index (χ2n) is 4.91. The topological polar surface area (TPSA) is 77.5 Å². The van der Waals surface area contributed by atoms with Gasteiger partial charge in [-0.1, -0.05) is 18.2 Å². The molecule has 0 amide bonds. The van der Waals surface area contributed by atoms with Crippen LogP contribution < -0.4 is 15.8 Å². The molecule has 6 nitrogen and oxygen atoms in total. The number of hydrogen-bond acceptors (Lipinski definition) is 3. The minimum absolute atomic E-state index is 0.156. The molecule has 2 heterocycles. The van der Waals surface area contributed by atoms with Crippen molar-refractivity contribution in [3.8, 4) is 5.75 Å². The van der Waals surface area contributed by atoms with Gasteiger partial charge in [0.15, 0.2) is 5.96 Å².